The number of quaternary nitrogens is 1. The van der Waals surface area contributed by atoms with Crippen molar-refractivity contribution in [2.24, 2.45) is 0 Å². The summed E-state index contributed by atoms with van der Waals surface area (Å²) in [6, 6.07) is 13.7. The van der Waals surface area contributed by atoms with Gasteiger partial charge in [-0.25, -0.2) is 0 Å². The number of methoxy groups -OCH3 is 2. The second-order valence-electron chi connectivity index (χ2n) is 7.03. The standard InChI is InChI=1S/C20H24NO2.BrH/c1-21-9-8-15-10-18(23-3)6-7-19(15)20(21)12-14-4-5-17(22-2)11-16(14)13-21;/h4-7,10-11,20H,8-9,12-13H2,1-3H3;1H/q+1;/p-1. The van der Waals surface area contributed by atoms with Gasteiger partial charge >= 0.3 is 0 Å². The molecule has 0 aliphatic carbocycles. The Morgan fingerprint density at radius 1 is 0.917 bits per heavy atom. The summed E-state index contributed by atoms with van der Waals surface area (Å²) < 4.78 is 11.9. The first kappa shape index (κ1) is 17.3. The predicted molar refractivity (Wildman–Crippen MR) is 90.9 cm³/mol. The number of halogens is 1. The van der Waals surface area contributed by atoms with E-state index in [2.05, 4.69) is 43.4 Å². The van der Waals surface area contributed by atoms with Crippen LogP contribution in [0.3, 0.4) is 0 Å². The summed E-state index contributed by atoms with van der Waals surface area (Å²) in [4.78, 5) is 0. The molecule has 0 fully saturated rings. The topological polar surface area (TPSA) is 18.5 Å². The van der Waals surface area contributed by atoms with Gasteiger partial charge in [-0.2, -0.15) is 0 Å². The minimum Gasteiger partial charge on any atom is -1.00 e. The van der Waals surface area contributed by atoms with Crippen molar-refractivity contribution in [2.75, 3.05) is 27.8 Å². The molecule has 0 saturated heterocycles. The van der Waals surface area contributed by atoms with Crippen LogP contribution in [0.25, 0.3) is 0 Å². The first-order valence-electron chi connectivity index (χ1n) is 8.30. The smallest absolute Gasteiger partial charge is 0.119 e. The SMILES string of the molecule is COc1ccc2c(c1)C[N+]1(C)CCc3cc(OC)ccc3C1C2.[Br-]. The first-order chi connectivity index (χ1) is 11.1. The van der Waals surface area contributed by atoms with Crippen LogP contribution in [-0.4, -0.2) is 32.3 Å². The minimum atomic E-state index is 0. The lowest BCUT2D eigenvalue weighted by atomic mass is 9.82. The van der Waals surface area contributed by atoms with Crippen molar-refractivity contribution in [3.63, 3.8) is 0 Å². The first-order valence-corrected chi connectivity index (χ1v) is 8.30. The van der Waals surface area contributed by atoms with Gasteiger partial charge in [-0.1, -0.05) is 6.07 Å². The van der Waals surface area contributed by atoms with Crippen LogP contribution in [0.4, 0.5) is 0 Å². The summed E-state index contributed by atoms with van der Waals surface area (Å²) in [5.41, 5.74) is 5.87. The average Bonchev–Trinajstić information content (AvgIpc) is 2.58. The fraction of sp³-hybridized carbons (Fsp3) is 0.400. The van der Waals surface area contributed by atoms with E-state index in [0.717, 1.165) is 35.4 Å². The molecule has 0 aromatic heterocycles. The number of hydrogen-bond acceptors (Lipinski definition) is 2. The molecule has 4 heteroatoms. The maximum absolute atomic E-state index is 5.41. The van der Waals surface area contributed by atoms with Crippen LogP contribution in [0, 0.1) is 0 Å². The molecule has 0 N–H and O–H groups in total. The second kappa shape index (κ2) is 6.41. The summed E-state index contributed by atoms with van der Waals surface area (Å²) >= 11 is 0. The van der Waals surface area contributed by atoms with Gasteiger partial charge in [-0.3, -0.25) is 0 Å². The highest BCUT2D eigenvalue weighted by atomic mass is 79.9. The van der Waals surface area contributed by atoms with E-state index in [0.29, 0.717) is 6.04 Å². The predicted octanol–water partition coefficient (Wildman–Crippen LogP) is 0.508. The third kappa shape index (κ3) is 2.72. The molecule has 24 heavy (non-hydrogen) atoms. The Morgan fingerprint density at radius 2 is 1.58 bits per heavy atom. The van der Waals surface area contributed by atoms with Gasteiger partial charge in [0.05, 0.1) is 27.8 Å². The van der Waals surface area contributed by atoms with Gasteiger partial charge < -0.3 is 30.9 Å². The second-order valence-corrected chi connectivity index (χ2v) is 7.03. The zero-order valence-corrected chi connectivity index (χ0v) is 16.1. The molecule has 2 aromatic carbocycles. The Bertz CT molecular complexity index is 761. The molecular weight excluding hydrogens is 366 g/mol. The van der Waals surface area contributed by atoms with Crippen LogP contribution in [0.2, 0.25) is 0 Å². The van der Waals surface area contributed by atoms with Crippen molar-refractivity contribution in [1.82, 2.24) is 0 Å². The quantitative estimate of drug-likeness (QED) is 0.696. The van der Waals surface area contributed by atoms with E-state index in [9.17, 15) is 0 Å². The number of ether oxygens (including phenoxy) is 2. The Kier molecular flexibility index (Phi) is 4.63. The van der Waals surface area contributed by atoms with Gasteiger partial charge in [0.25, 0.3) is 0 Å². The van der Waals surface area contributed by atoms with E-state index >= 15 is 0 Å². The third-order valence-electron chi connectivity index (χ3n) is 5.71. The van der Waals surface area contributed by atoms with Crippen molar-refractivity contribution in [3.05, 3.63) is 58.7 Å². The molecule has 2 heterocycles. The average molecular weight is 390 g/mol. The summed E-state index contributed by atoms with van der Waals surface area (Å²) in [7, 11) is 5.89. The van der Waals surface area contributed by atoms with Crippen molar-refractivity contribution in [3.8, 4) is 11.5 Å². The van der Waals surface area contributed by atoms with Crippen LogP contribution in [-0.2, 0) is 19.4 Å². The highest BCUT2D eigenvalue weighted by Crippen LogP contribution is 2.44. The van der Waals surface area contributed by atoms with Crippen LogP contribution >= 0.6 is 0 Å². The molecule has 0 bridgehead atoms. The molecule has 2 unspecified atom stereocenters. The number of likely N-dealkylation sites (N-methyl/N-ethyl adjacent to an activating group) is 1. The summed E-state index contributed by atoms with van der Waals surface area (Å²) in [6.45, 7) is 2.27. The van der Waals surface area contributed by atoms with Crippen molar-refractivity contribution < 1.29 is 30.9 Å². The van der Waals surface area contributed by atoms with E-state index in [1.807, 2.05) is 0 Å². The molecule has 2 atom stereocenters. The van der Waals surface area contributed by atoms with Crippen LogP contribution in [0.1, 0.15) is 28.3 Å². The van der Waals surface area contributed by atoms with Gasteiger partial charge in [0.2, 0.25) is 0 Å². The largest absolute Gasteiger partial charge is 1.00 e. The van der Waals surface area contributed by atoms with E-state index in [1.54, 1.807) is 14.2 Å². The van der Waals surface area contributed by atoms with Crippen molar-refractivity contribution >= 4 is 0 Å². The lowest BCUT2D eigenvalue weighted by Gasteiger charge is -2.49. The maximum atomic E-state index is 5.41. The van der Waals surface area contributed by atoms with E-state index in [4.69, 9.17) is 9.47 Å². The van der Waals surface area contributed by atoms with Crippen molar-refractivity contribution in [1.29, 1.82) is 0 Å². The molecule has 3 nitrogen and oxygen atoms in total. The summed E-state index contributed by atoms with van der Waals surface area (Å²) in [5, 5.41) is 0. The summed E-state index contributed by atoms with van der Waals surface area (Å²) in [5.74, 6) is 1.94. The molecule has 2 aliphatic heterocycles. The van der Waals surface area contributed by atoms with Gasteiger partial charge in [0.1, 0.15) is 24.1 Å². The van der Waals surface area contributed by atoms with Crippen LogP contribution < -0.4 is 26.5 Å². The van der Waals surface area contributed by atoms with Crippen molar-refractivity contribution in [2.45, 2.75) is 25.4 Å². The van der Waals surface area contributed by atoms with Gasteiger partial charge in [0.15, 0.2) is 0 Å². The van der Waals surface area contributed by atoms with Crippen LogP contribution in [0.15, 0.2) is 36.4 Å². The Morgan fingerprint density at radius 3 is 2.29 bits per heavy atom. The molecule has 0 spiro atoms. The number of benzene rings is 2. The minimum absolute atomic E-state index is 0. The molecule has 0 amide bonds. The zero-order valence-electron chi connectivity index (χ0n) is 14.5. The lowest BCUT2D eigenvalue weighted by Crippen LogP contribution is -3.00. The fourth-order valence-electron chi connectivity index (χ4n) is 4.31. The molecule has 0 saturated carbocycles. The molecule has 2 aliphatic rings. The summed E-state index contributed by atoms with van der Waals surface area (Å²) in [6.07, 6.45) is 2.23. The van der Waals surface area contributed by atoms with Gasteiger partial charge in [-0.05, 0) is 41.5 Å². The van der Waals surface area contributed by atoms with Crippen LogP contribution in [0.5, 0.6) is 11.5 Å². The molecular formula is C20H24BrNO2. The Hall–Kier alpha value is -1.52. The van der Waals surface area contributed by atoms with Gasteiger partial charge in [-0.15, -0.1) is 0 Å². The maximum Gasteiger partial charge on any atom is 0.119 e. The molecule has 2 aromatic rings. The third-order valence-corrected chi connectivity index (χ3v) is 5.71. The molecule has 0 radical (unpaired) electrons. The van der Waals surface area contributed by atoms with E-state index in [-0.39, 0.29) is 17.0 Å². The Balaban J connectivity index is 0.00000169. The number of hydrogen-bond donors (Lipinski definition) is 0. The number of nitrogens with zero attached hydrogens (tertiary/aromatic N) is 1. The van der Waals surface area contributed by atoms with E-state index in [1.165, 1.54) is 28.8 Å². The number of fused-ring (bicyclic) bond motifs is 4. The van der Waals surface area contributed by atoms with Gasteiger partial charge in [0, 0.05) is 24.0 Å². The highest BCUT2D eigenvalue weighted by molar-refractivity contribution is 5.42. The monoisotopic (exact) mass is 389 g/mol. The van der Waals surface area contributed by atoms with E-state index < -0.39 is 0 Å². The highest BCUT2D eigenvalue weighted by Gasteiger charge is 2.42. The fourth-order valence-corrected chi connectivity index (χ4v) is 4.31. The Labute approximate surface area is 154 Å². The normalized spacial score (nSPS) is 24.0. The number of rotatable bonds is 2. The molecule has 128 valence electrons. The molecule has 4 rings (SSSR count). The zero-order chi connectivity index (χ0) is 16.0. The lowest BCUT2D eigenvalue weighted by molar-refractivity contribution is -0.956.